The van der Waals surface area contributed by atoms with Gasteiger partial charge in [-0.05, 0) is 25.5 Å². The summed E-state index contributed by atoms with van der Waals surface area (Å²) in [6, 6.07) is 8.37. The molecule has 2 aromatic heterocycles. The van der Waals surface area contributed by atoms with Crippen molar-refractivity contribution in [3.63, 3.8) is 0 Å². The van der Waals surface area contributed by atoms with Crippen LogP contribution in [0.2, 0.25) is 0 Å². The van der Waals surface area contributed by atoms with Crippen LogP contribution in [0.5, 0.6) is 0 Å². The highest BCUT2D eigenvalue weighted by atomic mass is 15.3. The van der Waals surface area contributed by atoms with Crippen LogP contribution in [0.4, 0.5) is 5.82 Å². The van der Waals surface area contributed by atoms with Crippen molar-refractivity contribution in [2.45, 2.75) is 13.3 Å². The number of nitrogens with one attached hydrogen (secondary N) is 1. The SMILES string of the molecule is Cc1ccc(-n2nc(-c3cnccn3)c3c2NCC3)cc1. The van der Waals surface area contributed by atoms with Crippen molar-refractivity contribution in [1.29, 1.82) is 0 Å². The fourth-order valence-electron chi connectivity index (χ4n) is 2.67. The first-order valence-electron chi connectivity index (χ1n) is 7.02. The van der Waals surface area contributed by atoms with Gasteiger partial charge >= 0.3 is 0 Å². The zero-order valence-corrected chi connectivity index (χ0v) is 11.7. The molecule has 0 unspecified atom stereocenters. The average Bonchev–Trinajstić information content (AvgIpc) is 3.11. The van der Waals surface area contributed by atoms with E-state index in [1.54, 1.807) is 18.6 Å². The lowest BCUT2D eigenvalue weighted by Gasteiger charge is -2.06. The van der Waals surface area contributed by atoms with Crippen LogP contribution in [0.15, 0.2) is 42.9 Å². The highest BCUT2D eigenvalue weighted by Crippen LogP contribution is 2.33. The molecule has 1 aliphatic heterocycles. The normalized spacial score (nSPS) is 13.0. The summed E-state index contributed by atoms with van der Waals surface area (Å²) in [6.07, 6.45) is 6.11. The Morgan fingerprint density at radius 1 is 1.14 bits per heavy atom. The zero-order chi connectivity index (χ0) is 14.2. The molecule has 0 radical (unpaired) electrons. The van der Waals surface area contributed by atoms with Gasteiger partial charge in [0.2, 0.25) is 0 Å². The molecule has 21 heavy (non-hydrogen) atoms. The van der Waals surface area contributed by atoms with E-state index in [1.165, 1.54) is 11.1 Å². The lowest BCUT2D eigenvalue weighted by atomic mass is 10.1. The molecule has 0 atom stereocenters. The van der Waals surface area contributed by atoms with E-state index >= 15 is 0 Å². The molecule has 1 aliphatic rings. The third kappa shape index (κ3) is 1.98. The predicted molar refractivity (Wildman–Crippen MR) is 81.5 cm³/mol. The number of anilines is 1. The van der Waals surface area contributed by atoms with Crippen LogP contribution in [-0.2, 0) is 6.42 Å². The van der Waals surface area contributed by atoms with Gasteiger partial charge in [-0.2, -0.15) is 5.10 Å². The lowest BCUT2D eigenvalue weighted by molar-refractivity contribution is 0.879. The van der Waals surface area contributed by atoms with Crippen LogP contribution >= 0.6 is 0 Å². The van der Waals surface area contributed by atoms with Crippen molar-refractivity contribution < 1.29 is 0 Å². The molecule has 1 aromatic carbocycles. The number of aryl methyl sites for hydroxylation is 1. The molecule has 3 heterocycles. The predicted octanol–water partition coefficient (Wildman–Crippen LogP) is 2.61. The van der Waals surface area contributed by atoms with Gasteiger partial charge in [0.1, 0.15) is 17.2 Å². The van der Waals surface area contributed by atoms with Crippen molar-refractivity contribution in [2.75, 3.05) is 11.9 Å². The summed E-state index contributed by atoms with van der Waals surface area (Å²) in [5, 5.41) is 8.18. The highest BCUT2D eigenvalue weighted by Gasteiger charge is 2.24. The van der Waals surface area contributed by atoms with Gasteiger partial charge in [-0.25, -0.2) is 4.68 Å². The third-order valence-electron chi connectivity index (χ3n) is 3.74. The molecule has 0 spiro atoms. The smallest absolute Gasteiger partial charge is 0.133 e. The van der Waals surface area contributed by atoms with Crippen LogP contribution in [0.3, 0.4) is 0 Å². The van der Waals surface area contributed by atoms with E-state index in [0.717, 1.165) is 35.9 Å². The molecule has 0 saturated heterocycles. The van der Waals surface area contributed by atoms with Crippen LogP contribution in [-0.4, -0.2) is 26.3 Å². The van der Waals surface area contributed by atoms with Crippen LogP contribution in [0.1, 0.15) is 11.1 Å². The summed E-state index contributed by atoms with van der Waals surface area (Å²) in [5.74, 6) is 1.07. The molecule has 0 aliphatic carbocycles. The van der Waals surface area contributed by atoms with Gasteiger partial charge in [0.05, 0.1) is 11.9 Å². The minimum Gasteiger partial charge on any atom is -0.369 e. The van der Waals surface area contributed by atoms with Crippen molar-refractivity contribution in [3.8, 4) is 17.1 Å². The molecule has 4 rings (SSSR count). The molecule has 3 aromatic rings. The topological polar surface area (TPSA) is 55.6 Å². The Morgan fingerprint density at radius 2 is 2.00 bits per heavy atom. The van der Waals surface area contributed by atoms with E-state index in [-0.39, 0.29) is 0 Å². The van der Waals surface area contributed by atoms with E-state index in [0.29, 0.717) is 0 Å². The van der Waals surface area contributed by atoms with E-state index in [9.17, 15) is 0 Å². The van der Waals surface area contributed by atoms with Gasteiger partial charge in [-0.1, -0.05) is 17.7 Å². The standard InChI is InChI=1S/C16H15N5/c1-11-2-4-12(5-3-11)21-16-13(6-7-19-16)15(20-21)14-10-17-8-9-18-14/h2-5,8-10,19H,6-7H2,1H3. The van der Waals surface area contributed by atoms with E-state index < -0.39 is 0 Å². The highest BCUT2D eigenvalue weighted by molar-refractivity contribution is 5.70. The monoisotopic (exact) mass is 277 g/mol. The number of aromatic nitrogens is 4. The zero-order valence-electron chi connectivity index (χ0n) is 11.7. The number of nitrogens with zero attached hydrogens (tertiary/aromatic N) is 4. The largest absolute Gasteiger partial charge is 0.369 e. The average molecular weight is 277 g/mol. The molecular weight excluding hydrogens is 262 g/mol. The Hall–Kier alpha value is -2.69. The summed E-state index contributed by atoms with van der Waals surface area (Å²) in [4.78, 5) is 8.53. The number of rotatable bonds is 2. The Balaban J connectivity index is 1.88. The Morgan fingerprint density at radius 3 is 2.76 bits per heavy atom. The minimum atomic E-state index is 0.823. The second-order valence-corrected chi connectivity index (χ2v) is 5.19. The first-order chi connectivity index (χ1) is 10.3. The second-order valence-electron chi connectivity index (χ2n) is 5.19. The van der Waals surface area contributed by atoms with Gasteiger partial charge in [-0.15, -0.1) is 0 Å². The maximum absolute atomic E-state index is 4.75. The van der Waals surface area contributed by atoms with Gasteiger partial charge in [0.15, 0.2) is 0 Å². The fourth-order valence-corrected chi connectivity index (χ4v) is 2.67. The van der Waals surface area contributed by atoms with Gasteiger partial charge in [-0.3, -0.25) is 9.97 Å². The lowest BCUT2D eigenvalue weighted by Crippen LogP contribution is -2.04. The molecular formula is C16H15N5. The number of hydrogen-bond donors (Lipinski definition) is 1. The molecule has 104 valence electrons. The minimum absolute atomic E-state index is 0.823. The van der Waals surface area contributed by atoms with Crippen LogP contribution < -0.4 is 5.32 Å². The first-order valence-corrected chi connectivity index (χ1v) is 7.02. The van der Waals surface area contributed by atoms with E-state index in [4.69, 9.17) is 5.10 Å². The quantitative estimate of drug-likeness (QED) is 0.782. The molecule has 5 nitrogen and oxygen atoms in total. The first kappa shape index (κ1) is 12.1. The molecule has 0 bridgehead atoms. The second kappa shape index (κ2) is 4.70. The number of fused-ring (bicyclic) bond motifs is 1. The summed E-state index contributed by atoms with van der Waals surface area (Å²) in [5.41, 5.74) is 5.26. The van der Waals surface area contributed by atoms with Crippen molar-refractivity contribution >= 4 is 5.82 Å². The molecule has 1 N–H and O–H groups in total. The maximum atomic E-state index is 4.75. The molecule has 0 saturated carbocycles. The van der Waals surface area contributed by atoms with Gasteiger partial charge in [0.25, 0.3) is 0 Å². The maximum Gasteiger partial charge on any atom is 0.133 e. The van der Waals surface area contributed by atoms with Crippen LogP contribution in [0.25, 0.3) is 17.1 Å². The Kier molecular flexibility index (Phi) is 2.70. The number of benzene rings is 1. The van der Waals surface area contributed by atoms with E-state index in [2.05, 4.69) is 46.5 Å². The Labute approximate surface area is 122 Å². The van der Waals surface area contributed by atoms with Crippen molar-refractivity contribution in [3.05, 3.63) is 54.0 Å². The summed E-state index contributed by atoms with van der Waals surface area (Å²) in [7, 11) is 0. The fraction of sp³-hybridized carbons (Fsp3) is 0.188. The molecule has 0 amide bonds. The molecule has 0 fully saturated rings. The summed E-state index contributed by atoms with van der Waals surface area (Å²) >= 11 is 0. The Bertz CT molecular complexity index is 774. The van der Waals surface area contributed by atoms with Crippen molar-refractivity contribution in [1.82, 2.24) is 19.7 Å². The van der Waals surface area contributed by atoms with Gasteiger partial charge in [0, 0.05) is 24.5 Å². The van der Waals surface area contributed by atoms with Crippen molar-refractivity contribution in [2.24, 2.45) is 0 Å². The van der Waals surface area contributed by atoms with E-state index in [1.807, 2.05) is 4.68 Å². The third-order valence-corrected chi connectivity index (χ3v) is 3.74. The summed E-state index contributed by atoms with van der Waals surface area (Å²) < 4.78 is 1.96. The molecule has 5 heteroatoms. The van der Waals surface area contributed by atoms with Gasteiger partial charge < -0.3 is 5.32 Å². The summed E-state index contributed by atoms with van der Waals surface area (Å²) in [6.45, 7) is 3.02. The number of hydrogen-bond acceptors (Lipinski definition) is 4. The van der Waals surface area contributed by atoms with Crippen LogP contribution in [0, 0.1) is 6.92 Å².